The summed E-state index contributed by atoms with van der Waals surface area (Å²) < 4.78 is 4.06. The highest BCUT2D eigenvalue weighted by Gasteiger charge is 2.42. The number of carbonyl (C=O) groups excluding carboxylic acids is 11. The van der Waals surface area contributed by atoms with Crippen molar-refractivity contribution in [3.05, 3.63) is 29.8 Å². The topological polar surface area (TPSA) is 515 Å². The summed E-state index contributed by atoms with van der Waals surface area (Å²) in [5.74, 6) is -12.0. The zero-order chi connectivity index (χ0) is 60.4. The van der Waals surface area contributed by atoms with Crippen molar-refractivity contribution in [3.63, 3.8) is 0 Å². The second-order valence-electron chi connectivity index (χ2n) is 18.9. The number of aliphatic imine (C=N–C) groups is 2. The van der Waals surface area contributed by atoms with E-state index in [0.29, 0.717) is 11.3 Å². The molecule has 1 saturated heterocycles. The van der Waals surface area contributed by atoms with E-state index < -0.39 is 143 Å². The third-order valence-electron chi connectivity index (χ3n) is 11.9. The van der Waals surface area contributed by atoms with Gasteiger partial charge in [-0.1, -0.05) is 12.1 Å². The number of rotatable bonds is 34. The molecule has 8 atom stereocenters. The first-order valence-corrected chi connectivity index (χ1v) is 26.1. The van der Waals surface area contributed by atoms with E-state index in [2.05, 4.69) is 77.8 Å². The summed E-state index contributed by atoms with van der Waals surface area (Å²) in [4.78, 5) is 167. The number of ether oxygens (including phenoxy) is 1. The standard InChI is InChI=1S/C47H75N17O14S2/c1-23(65)57-36(47(2,3)80)43(76)62-30(19-33(48)66)44(77)64-17-7-10-32(64)42(75)60-26(8-5-15-54-45(50)51)38(71)56-21-34(67)58-29(20-35(68)69)41(74)61-28(18-24-11-13-25(78-4)14-12-24)40(73)59-27(9-6-16-55-46(52)53)39(72)63-31(22-79)37(49)70/h11-14,26-32,36,79-80H,5-10,15-22H2,1-4H3,(H2,48,66)(H2,49,70)(H,56,71)(H,57,65)(H,58,67)(H,59,73)(H,60,75)(H,61,74)(H,62,76)(H,63,72)(H,68,69)(H4,50,51,54)(H4,52,53,55)/t26-,27-,28-,29-,30-,31-,32-,36-/m0/s1. The van der Waals surface area contributed by atoms with Gasteiger partial charge in [-0.2, -0.15) is 25.3 Å². The van der Waals surface area contributed by atoms with Crippen molar-refractivity contribution in [2.45, 2.75) is 132 Å². The Morgan fingerprint density at radius 3 is 1.73 bits per heavy atom. The van der Waals surface area contributed by atoms with Gasteiger partial charge in [-0.05, 0) is 70.1 Å². The molecule has 80 heavy (non-hydrogen) atoms. The van der Waals surface area contributed by atoms with Gasteiger partial charge in [0.15, 0.2) is 11.9 Å². The van der Waals surface area contributed by atoms with Crippen molar-refractivity contribution in [1.29, 1.82) is 0 Å². The fourth-order valence-electron chi connectivity index (χ4n) is 7.89. The summed E-state index contributed by atoms with van der Waals surface area (Å²) in [6, 6.07) is -5.39. The Bertz CT molecular complexity index is 2450. The van der Waals surface area contributed by atoms with Crippen LogP contribution in [0, 0.1) is 0 Å². The highest BCUT2D eigenvalue weighted by atomic mass is 32.1. The molecule has 444 valence electrons. The van der Waals surface area contributed by atoms with Crippen LogP contribution in [0.5, 0.6) is 5.75 Å². The molecule has 0 saturated carbocycles. The predicted octanol–water partition coefficient (Wildman–Crippen LogP) is -6.66. The summed E-state index contributed by atoms with van der Waals surface area (Å²) in [6.45, 7) is 3.30. The van der Waals surface area contributed by atoms with E-state index in [1.807, 2.05) is 0 Å². The van der Waals surface area contributed by atoms with Crippen molar-refractivity contribution < 1.29 is 67.4 Å². The molecule has 1 heterocycles. The highest BCUT2D eigenvalue weighted by molar-refractivity contribution is 7.81. The smallest absolute Gasteiger partial charge is 0.305 e. The molecular weight excluding hydrogens is 1090 g/mol. The molecule has 1 aliphatic rings. The summed E-state index contributed by atoms with van der Waals surface area (Å²) in [5.41, 5.74) is 33.0. The Morgan fingerprint density at radius 1 is 0.700 bits per heavy atom. The van der Waals surface area contributed by atoms with Crippen molar-refractivity contribution >= 4 is 108 Å². The van der Waals surface area contributed by atoms with Gasteiger partial charge < -0.3 is 91.7 Å². The van der Waals surface area contributed by atoms with Crippen LogP contribution in [0.4, 0.5) is 0 Å². The van der Waals surface area contributed by atoms with Gasteiger partial charge in [0.1, 0.15) is 54.1 Å². The number of hydrogen-bond acceptors (Lipinski definition) is 17. The van der Waals surface area contributed by atoms with Crippen LogP contribution in [0.3, 0.4) is 0 Å². The fourth-order valence-corrected chi connectivity index (χ4v) is 8.34. The van der Waals surface area contributed by atoms with E-state index in [1.165, 1.54) is 21.0 Å². The van der Waals surface area contributed by atoms with Crippen LogP contribution in [-0.2, 0) is 64.0 Å². The maximum atomic E-state index is 14.1. The molecule has 1 aromatic carbocycles. The van der Waals surface area contributed by atoms with E-state index in [-0.39, 0.29) is 82.3 Å². The number of methoxy groups -OCH3 is 1. The molecule has 1 fully saturated rings. The van der Waals surface area contributed by atoms with Gasteiger partial charge in [-0.3, -0.25) is 67.5 Å². The average Bonchev–Trinajstić information content (AvgIpc) is 3.87. The normalized spacial score (nSPS) is 15.5. The molecule has 0 aliphatic carbocycles. The molecule has 2 rings (SSSR count). The minimum absolute atomic E-state index is 0.0177. The Morgan fingerprint density at radius 2 is 1.23 bits per heavy atom. The second kappa shape index (κ2) is 33.4. The fraction of sp³-hybridized carbons (Fsp3) is 0.574. The lowest BCUT2D eigenvalue weighted by molar-refractivity contribution is -0.143. The number of benzene rings is 1. The van der Waals surface area contributed by atoms with Crippen LogP contribution in [0.25, 0.3) is 0 Å². The Hall–Kier alpha value is -8.10. The van der Waals surface area contributed by atoms with Gasteiger partial charge in [0.25, 0.3) is 0 Å². The Kier molecular flexibility index (Phi) is 28.4. The molecule has 0 unspecified atom stereocenters. The molecule has 0 spiro atoms. The number of nitrogens with zero attached hydrogens (tertiary/aromatic N) is 3. The molecule has 0 radical (unpaired) electrons. The van der Waals surface area contributed by atoms with Gasteiger partial charge in [0.2, 0.25) is 65.0 Å². The molecule has 11 amide bonds. The number of nitrogens with two attached hydrogens (primary N) is 6. The van der Waals surface area contributed by atoms with Gasteiger partial charge in [-0.15, -0.1) is 0 Å². The van der Waals surface area contributed by atoms with Crippen LogP contribution in [0.1, 0.15) is 77.7 Å². The maximum Gasteiger partial charge on any atom is 0.305 e. The number of carboxylic acid groups (broad SMARTS) is 1. The monoisotopic (exact) mass is 1170 g/mol. The minimum atomic E-state index is -1.89. The lowest BCUT2D eigenvalue weighted by atomic mass is 10.0. The number of guanidine groups is 2. The number of carboxylic acids is 1. The average molecular weight is 1170 g/mol. The summed E-state index contributed by atoms with van der Waals surface area (Å²) in [7, 11) is 1.42. The van der Waals surface area contributed by atoms with Crippen LogP contribution in [-0.4, -0.2) is 185 Å². The quantitative estimate of drug-likeness (QED) is 0.0132. The summed E-state index contributed by atoms with van der Waals surface area (Å²) in [6.07, 6.45) is -1.69. The third-order valence-corrected chi connectivity index (χ3v) is 12.5. The van der Waals surface area contributed by atoms with Gasteiger partial charge in [0, 0.05) is 43.5 Å². The van der Waals surface area contributed by atoms with Crippen LogP contribution in [0.15, 0.2) is 34.3 Å². The largest absolute Gasteiger partial charge is 0.497 e. The number of amides is 11. The number of carbonyl (C=O) groups is 12. The first-order chi connectivity index (χ1) is 37.5. The van der Waals surface area contributed by atoms with Crippen LogP contribution < -0.4 is 81.7 Å². The van der Waals surface area contributed by atoms with E-state index in [9.17, 15) is 62.6 Å². The molecular formula is C47H75N17O14S2. The lowest BCUT2D eigenvalue weighted by Crippen LogP contribution is -2.61. The predicted molar refractivity (Wildman–Crippen MR) is 296 cm³/mol. The Balaban J connectivity index is 2.39. The lowest BCUT2D eigenvalue weighted by Gasteiger charge is -2.32. The van der Waals surface area contributed by atoms with Crippen molar-refractivity contribution in [1.82, 2.24) is 47.4 Å². The van der Waals surface area contributed by atoms with Crippen molar-refractivity contribution in [2.24, 2.45) is 44.4 Å². The maximum absolute atomic E-state index is 14.1. The van der Waals surface area contributed by atoms with E-state index in [0.717, 1.165) is 11.8 Å². The second-order valence-corrected chi connectivity index (χ2v) is 20.4. The van der Waals surface area contributed by atoms with Gasteiger partial charge >= 0.3 is 5.97 Å². The molecule has 1 aromatic rings. The van der Waals surface area contributed by atoms with Crippen LogP contribution in [0.2, 0.25) is 0 Å². The molecule has 31 nitrogen and oxygen atoms in total. The number of likely N-dealkylation sites (tertiary alicyclic amines) is 1. The van der Waals surface area contributed by atoms with Crippen LogP contribution >= 0.6 is 25.3 Å². The Labute approximate surface area is 472 Å². The molecule has 0 bridgehead atoms. The number of nitrogens with one attached hydrogen (secondary N) is 8. The molecule has 21 N–H and O–H groups in total. The van der Waals surface area contributed by atoms with E-state index in [4.69, 9.17) is 39.1 Å². The third kappa shape index (κ3) is 24.3. The number of aliphatic carboxylic acids is 1. The number of primary amides is 2. The zero-order valence-corrected chi connectivity index (χ0v) is 46.6. The SMILES string of the molecule is COc1ccc(C[C@H](NC(=O)[C@H](CC(=O)O)NC(=O)CNC(=O)[C@H](CCCN=C(N)N)NC(=O)[C@@H]2CCCN2C(=O)[C@H](CC(N)=O)NC(=O)[C@H](NC(C)=O)C(C)(C)S)C(=O)N[C@@H](CCCN=C(N)N)C(=O)N[C@@H](CS)C(N)=O)cc1. The summed E-state index contributed by atoms with van der Waals surface area (Å²) >= 11 is 8.43. The van der Waals surface area contributed by atoms with Gasteiger partial charge in [-0.25, -0.2) is 0 Å². The molecule has 1 aliphatic heterocycles. The molecule has 33 heteroatoms. The first kappa shape index (κ1) is 68.0. The van der Waals surface area contributed by atoms with Crippen molar-refractivity contribution in [3.8, 4) is 5.75 Å². The molecule has 0 aromatic heterocycles. The van der Waals surface area contributed by atoms with Crippen molar-refractivity contribution in [2.75, 3.05) is 39.0 Å². The van der Waals surface area contributed by atoms with E-state index in [1.54, 1.807) is 24.3 Å². The number of hydrogen-bond donors (Lipinski definition) is 17. The number of thiol groups is 2. The van der Waals surface area contributed by atoms with Gasteiger partial charge in [0.05, 0.1) is 26.5 Å². The minimum Gasteiger partial charge on any atom is -0.497 e. The highest BCUT2D eigenvalue weighted by Crippen LogP contribution is 2.22. The zero-order valence-electron chi connectivity index (χ0n) is 44.8. The summed E-state index contributed by atoms with van der Waals surface area (Å²) in [5, 5.41) is 29.2. The first-order valence-electron chi connectivity index (χ1n) is 25.0. The van der Waals surface area contributed by atoms with E-state index >= 15 is 0 Å².